The molecule has 0 saturated carbocycles. The number of hydrogen-bond donors (Lipinski definition) is 0. The molecule has 2 rings (SSSR count). The van der Waals surface area contributed by atoms with Gasteiger partial charge in [0.15, 0.2) is 0 Å². The van der Waals surface area contributed by atoms with Gasteiger partial charge in [0, 0.05) is 18.7 Å². The van der Waals surface area contributed by atoms with Crippen molar-refractivity contribution in [2.24, 2.45) is 4.40 Å². The second-order valence-corrected chi connectivity index (χ2v) is 6.42. The van der Waals surface area contributed by atoms with Crippen LogP contribution in [0.25, 0.3) is 0 Å². The Balaban J connectivity index is 2.36. The molecule has 1 heterocycles. The van der Waals surface area contributed by atoms with Gasteiger partial charge in [-0.15, -0.1) is 4.40 Å². The van der Waals surface area contributed by atoms with Crippen molar-refractivity contribution in [2.75, 3.05) is 32.1 Å². The van der Waals surface area contributed by atoms with Crippen molar-refractivity contribution < 1.29 is 13.2 Å². The first kappa shape index (κ1) is 15.0. The minimum atomic E-state index is -3.42. The summed E-state index contributed by atoms with van der Waals surface area (Å²) in [6.07, 6.45) is 0.566. The number of amidine groups is 1. The third-order valence-corrected chi connectivity index (χ3v) is 4.41. The third-order valence-electron chi connectivity index (χ3n) is 3.03. The number of benzene rings is 1. The Bertz CT molecular complexity index is 549. The van der Waals surface area contributed by atoms with Gasteiger partial charge >= 0.3 is 0 Å². The first-order chi connectivity index (χ1) is 9.62. The van der Waals surface area contributed by atoms with E-state index in [9.17, 15) is 8.42 Å². The zero-order valence-electron chi connectivity index (χ0n) is 11.7. The van der Waals surface area contributed by atoms with Gasteiger partial charge in [-0.2, -0.15) is 0 Å². The largest absolute Gasteiger partial charge is 0.378 e. The monoisotopic (exact) mass is 296 g/mol. The molecule has 1 aliphatic heterocycles. The van der Waals surface area contributed by atoms with E-state index in [-0.39, 0.29) is 5.75 Å². The molecule has 0 N–H and O–H groups in total. The predicted molar refractivity (Wildman–Crippen MR) is 79.4 cm³/mol. The Morgan fingerprint density at radius 1 is 1.25 bits per heavy atom. The number of rotatable bonds is 4. The Hall–Kier alpha value is -1.40. The van der Waals surface area contributed by atoms with Gasteiger partial charge in [-0.1, -0.05) is 37.3 Å². The van der Waals surface area contributed by atoms with Crippen LogP contribution in [0.2, 0.25) is 0 Å². The Morgan fingerprint density at radius 3 is 2.50 bits per heavy atom. The summed E-state index contributed by atoms with van der Waals surface area (Å²) in [7, 11) is -3.42. The van der Waals surface area contributed by atoms with Crippen LogP contribution in [-0.4, -0.2) is 51.2 Å². The minimum absolute atomic E-state index is 0.0771. The summed E-state index contributed by atoms with van der Waals surface area (Å²) in [5.41, 5.74) is 0.828. The highest BCUT2D eigenvalue weighted by Crippen LogP contribution is 2.11. The van der Waals surface area contributed by atoms with Gasteiger partial charge in [0.05, 0.1) is 19.0 Å². The molecule has 0 amide bonds. The number of sulfonamides is 1. The van der Waals surface area contributed by atoms with E-state index >= 15 is 0 Å². The van der Waals surface area contributed by atoms with Crippen LogP contribution in [0.4, 0.5) is 0 Å². The van der Waals surface area contributed by atoms with Crippen LogP contribution in [0.5, 0.6) is 0 Å². The fourth-order valence-electron chi connectivity index (χ4n) is 2.09. The maximum Gasteiger partial charge on any atom is 0.255 e. The smallest absolute Gasteiger partial charge is 0.255 e. The molecule has 1 aromatic carbocycles. The lowest BCUT2D eigenvalue weighted by Crippen LogP contribution is -2.41. The molecule has 0 atom stereocenters. The number of hydrogen-bond acceptors (Lipinski definition) is 3. The quantitative estimate of drug-likeness (QED) is 0.624. The maximum atomic E-state index is 12.0. The molecule has 1 aromatic rings. The van der Waals surface area contributed by atoms with Crippen molar-refractivity contribution in [3.63, 3.8) is 0 Å². The molecule has 0 bridgehead atoms. The van der Waals surface area contributed by atoms with Gasteiger partial charge in [-0.3, -0.25) is 0 Å². The lowest BCUT2D eigenvalue weighted by atomic mass is 10.2. The van der Waals surface area contributed by atoms with Gasteiger partial charge in [0.25, 0.3) is 10.0 Å². The van der Waals surface area contributed by atoms with Gasteiger partial charge in [-0.25, -0.2) is 8.42 Å². The zero-order chi connectivity index (χ0) is 14.4. The van der Waals surface area contributed by atoms with Crippen LogP contribution >= 0.6 is 0 Å². The SMILES string of the molecule is CCCS(=O)(=O)/N=C(\c1ccccc1)N1CCOCC1. The molecule has 0 aromatic heterocycles. The van der Waals surface area contributed by atoms with Gasteiger partial charge in [0.2, 0.25) is 0 Å². The van der Waals surface area contributed by atoms with E-state index in [2.05, 4.69) is 4.40 Å². The molecule has 6 heteroatoms. The lowest BCUT2D eigenvalue weighted by molar-refractivity contribution is 0.0683. The predicted octanol–water partition coefficient (Wildman–Crippen LogP) is 1.51. The summed E-state index contributed by atoms with van der Waals surface area (Å²) >= 11 is 0. The van der Waals surface area contributed by atoms with Crippen LogP contribution in [-0.2, 0) is 14.8 Å². The van der Waals surface area contributed by atoms with Crippen LogP contribution in [0, 0.1) is 0 Å². The van der Waals surface area contributed by atoms with Crippen molar-refractivity contribution in [1.82, 2.24) is 4.90 Å². The summed E-state index contributed by atoms with van der Waals surface area (Å²) in [6, 6.07) is 9.45. The van der Waals surface area contributed by atoms with Crippen molar-refractivity contribution in [2.45, 2.75) is 13.3 Å². The summed E-state index contributed by atoms with van der Waals surface area (Å²) in [5.74, 6) is 0.607. The van der Waals surface area contributed by atoms with E-state index in [0.29, 0.717) is 38.6 Å². The van der Waals surface area contributed by atoms with Crippen LogP contribution in [0.3, 0.4) is 0 Å². The molecule has 0 spiro atoms. The topological polar surface area (TPSA) is 59.0 Å². The third kappa shape index (κ3) is 4.05. The molecule has 1 fully saturated rings. The van der Waals surface area contributed by atoms with Crippen LogP contribution in [0.15, 0.2) is 34.7 Å². The molecule has 1 aliphatic rings. The van der Waals surface area contributed by atoms with E-state index < -0.39 is 10.0 Å². The lowest BCUT2D eigenvalue weighted by Gasteiger charge is -2.29. The number of ether oxygens (including phenoxy) is 1. The first-order valence-corrected chi connectivity index (χ1v) is 8.44. The van der Waals surface area contributed by atoms with Crippen molar-refractivity contribution in [3.05, 3.63) is 35.9 Å². The highest BCUT2D eigenvalue weighted by atomic mass is 32.2. The average Bonchev–Trinajstić information content (AvgIpc) is 2.47. The molecular weight excluding hydrogens is 276 g/mol. The summed E-state index contributed by atoms with van der Waals surface area (Å²) in [6.45, 7) is 4.36. The van der Waals surface area contributed by atoms with Crippen molar-refractivity contribution in [1.29, 1.82) is 0 Å². The normalized spacial score (nSPS) is 17.2. The molecule has 0 unspecified atom stereocenters. The summed E-state index contributed by atoms with van der Waals surface area (Å²) < 4.78 is 33.4. The second-order valence-electron chi connectivity index (χ2n) is 4.67. The maximum absolute atomic E-state index is 12.0. The highest BCUT2D eigenvalue weighted by Gasteiger charge is 2.19. The zero-order valence-corrected chi connectivity index (χ0v) is 12.5. The number of morpholine rings is 1. The second kappa shape index (κ2) is 6.85. The van der Waals surface area contributed by atoms with Gasteiger partial charge in [-0.05, 0) is 6.42 Å². The van der Waals surface area contributed by atoms with E-state index in [1.807, 2.05) is 42.2 Å². The van der Waals surface area contributed by atoms with Crippen LogP contribution < -0.4 is 0 Å². The Labute approximate surface area is 120 Å². The van der Waals surface area contributed by atoms with Crippen molar-refractivity contribution >= 4 is 15.9 Å². The first-order valence-electron chi connectivity index (χ1n) is 6.83. The molecule has 20 heavy (non-hydrogen) atoms. The molecule has 5 nitrogen and oxygen atoms in total. The molecule has 0 aliphatic carbocycles. The average molecular weight is 296 g/mol. The fraction of sp³-hybridized carbons (Fsp3) is 0.500. The molecule has 110 valence electrons. The standard InChI is InChI=1S/C14H20N2O3S/c1-2-12-20(17,18)15-14(13-6-4-3-5-7-13)16-8-10-19-11-9-16/h3-7H,2,8-12H2,1H3/b15-14+. The molecule has 1 saturated heterocycles. The van der Waals surface area contributed by atoms with Crippen LogP contribution in [0.1, 0.15) is 18.9 Å². The Kier molecular flexibility index (Phi) is 5.14. The highest BCUT2D eigenvalue weighted by molar-refractivity contribution is 7.90. The summed E-state index contributed by atoms with van der Waals surface area (Å²) in [4.78, 5) is 1.98. The van der Waals surface area contributed by atoms with E-state index in [0.717, 1.165) is 5.56 Å². The van der Waals surface area contributed by atoms with E-state index in [1.54, 1.807) is 0 Å². The Morgan fingerprint density at radius 2 is 1.90 bits per heavy atom. The number of nitrogens with zero attached hydrogens (tertiary/aromatic N) is 2. The molecular formula is C14H20N2O3S. The van der Waals surface area contributed by atoms with Gasteiger partial charge < -0.3 is 9.64 Å². The van der Waals surface area contributed by atoms with Crippen molar-refractivity contribution in [3.8, 4) is 0 Å². The van der Waals surface area contributed by atoms with E-state index in [1.165, 1.54) is 0 Å². The fourth-order valence-corrected chi connectivity index (χ4v) is 3.18. The van der Waals surface area contributed by atoms with E-state index in [4.69, 9.17) is 4.74 Å². The minimum Gasteiger partial charge on any atom is -0.378 e. The summed E-state index contributed by atoms with van der Waals surface area (Å²) in [5, 5.41) is 0. The van der Waals surface area contributed by atoms with Gasteiger partial charge in [0.1, 0.15) is 5.84 Å². The molecule has 0 radical (unpaired) electrons.